The van der Waals surface area contributed by atoms with Gasteiger partial charge in [-0.1, -0.05) is 18.7 Å². The Morgan fingerprint density at radius 1 is 1.06 bits per heavy atom. The summed E-state index contributed by atoms with van der Waals surface area (Å²) < 4.78 is 2.02. The normalized spacial score (nSPS) is 10.4. The monoisotopic (exact) mass is 466 g/mol. The summed E-state index contributed by atoms with van der Waals surface area (Å²) >= 11 is 3.31. The molecule has 32 heavy (non-hydrogen) atoms. The van der Waals surface area contributed by atoms with Gasteiger partial charge >= 0.3 is 0 Å². The topological polar surface area (TPSA) is 84.0 Å². The van der Waals surface area contributed by atoms with E-state index in [4.69, 9.17) is 0 Å². The summed E-state index contributed by atoms with van der Waals surface area (Å²) in [5.74, 6) is 7.30. The van der Waals surface area contributed by atoms with Crippen LogP contribution < -0.4 is 10.6 Å². The van der Waals surface area contributed by atoms with Crippen molar-refractivity contribution in [2.24, 2.45) is 0 Å². The van der Waals surface area contributed by atoms with E-state index in [1.54, 1.807) is 35.4 Å². The fourth-order valence-corrected chi connectivity index (χ4v) is 4.83. The number of hydrogen-bond donors (Lipinski definition) is 2. The fraction of sp³-hybridized carbons (Fsp3) is 0.333. The van der Waals surface area contributed by atoms with Crippen LogP contribution in [0, 0.1) is 18.8 Å². The molecule has 0 atom stereocenters. The van der Waals surface area contributed by atoms with Gasteiger partial charge in [-0.15, -0.1) is 23.2 Å². The Morgan fingerprint density at radius 3 is 2.62 bits per heavy atom. The van der Waals surface area contributed by atoms with Gasteiger partial charge in [0.25, 0.3) is 0 Å². The van der Waals surface area contributed by atoms with Crippen LogP contribution in [0.4, 0.5) is 11.5 Å². The summed E-state index contributed by atoms with van der Waals surface area (Å²) in [6.45, 7) is 4.05. The molecule has 2 amide bonds. The second kappa shape index (κ2) is 12.2. The molecule has 1 aromatic carbocycles. The Labute approximate surface area is 196 Å². The molecule has 2 N–H and O–H groups in total. The van der Waals surface area contributed by atoms with Crippen LogP contribution in [0.25, 0.3) is 10.2 Å². The highest BCUT2D eigenvalue weighted by molar-refractivity contribution is 8.01. The zero-order chi connectivity index (χ0) is 22.8. The molecule has 2 aromatic heterocycles. The number of pyridine rings is 1. The number of fused-ring (bicyclic) bond motifs is 1. The lowest BCUT2D eigenvalue weighted by atomic mass is 10.2. The van der Waals surface area contributed by atoms with Crippen LogP contribution in [0.15, 0.2) is 40.9 Å². The van der Waals surface area contributed by atoms with E-state index in [1.165, 1.54) is 0 Å². The van der Waals surface area contributed by atoms with Gasteiger partial charge in [0.1, 0.15) is 5.82 Å². The Morgan fingerprint density at radius 2 is 1.84 bits per heavy atom. The van der Waals surface area contributed by atoms with Crippen LogP contribution in [-0.2, 0) is 9.59 Å². The first-order chi connectivity index (χ1) is 15.5. The average molecular weight is 467 g/mol. The van der Waals surface area contributed by atoms with E-state index in [0.717, 1.165) is 45.1 Å². The smallest absolute Gasteiger partial charge is 0.226 e. The molecular formula is C24H26N4O2S2. The minimum atomic E-state index is -0.239. The number of benzene rings is 1. The molecule has 0 radical (unpaired) electrons. The highest BCUT2D eigenvalue weighted by Crippen LogP contribution is 2.31. The van der Waals surface area contributed by atoms with Crippen LogP contribution in [0.2, 0.25) is 0 Å². The largest absolute Gasteiger partial charge is 0.326 e. The first kappa shape index (κ1) is 23.8. The van der Waals surface area contributed by atoms with Crippen molar-refractivity contribution in [2.75, 3.05) is 16.4 Å². The lowest BCUT2D eigenvalue weighted by Gasteiger charge is -2.06. The molecule has 0 unspecified atom stereocenters. The van der Waals surface area contributed by atoms with Crippen LogP contribution in [0.1, 0.15) is 44.6 Å². The van der Waals surface area contributed by atoms with Crippen LogP contribution in [-0.4, -0.2) is 27.5 Å². The van der Waals surface area contributed by atoms with Crippen LogP contribution >= 0.6 is 23.1 Å². The number of thioether (sulfide) groups is 1. The summed E-state index contributed by atoms with van der Waals surface area (Å²) in [5.41, 5.74) is 2.63. The maximum atomic E-state index is 12.3. The molecule has 0 aliphatic rings. The fourth-order valence-electron chi connectivity index (χ4n) is 2.79. The minimum Gasteiger partial charge on any atom is -0.326 e. The number of hydrogen-bond acceptors (Lipinski definition) is 6. The lowest BCUT2D eigenvalue weighted by molar-refractivity contribution is -0.121. The molecule has 0 aliphatic heterocycles. The van der Waals surface area contributed by atoms with Crippen LogP contribution in [0.5, 0.6) is 0 Å². The van der Waals surface area contributed by atoms with Gasteiger partial charge < -0.3 is 10.6 Å². The third-order valence-electron chi connectivity index (χ3n) is 4.37. The molecule has 0 fully saturated rings. The van der Waals surface area contributed by atoms with Gasteiger partial charge in [-0.05, 0) is 49.2 Å². The summed E-state index contributed by atoms with van der Waals surface area (Å²) in [7, 11) is 0. The second-order valence-electron chi connectivity index (χ2n) is 7.18. The molecule has 6 nitrogen and oxygen atoms in total. The number of rotatable bonds is 9. The number of carbonyl (C=O) groups excluding carboxylic acids is 2. The maximum Gasteiger partial charge on any atom is 0.226 e. The molecule has 8 heteroatoms. The van der Waals surface area contributed by atoms with E-state index in [9.17, 15) is 9.59 Å². The quantitative estimate of drug-likeness (QED) is 0.242. The van der Waals surface area contributed by atoms with Gasteiger partial charge in [0.05, 0.1) is 10.2 Å². The minimum absolute atomic E-state index is 0.0895. The first-order valence-electron chi connectivity index (χ1n) is 10.5. The Hall–Kier alpha value is -2.89. The average Bonchev–Trinajstić information content (AvgIpc) is 3.17. The summed E-state index contributed by atoms with van der Waals surface area (Å²) in [4.78, 5) is 33.1. The van der Waals surface area contributed by atoms with Gasteiger partial charge in [0.15, 0.2) is 4.34 Å². The number of nitrogens with one attached hydrogen (secondary N) is 2. The van der Waals surface area contributed by atoms with Crippen molar-refractivity contribution < 1.29 is 9.59 Å². The maximum absolute atomic E-state index is 12.3. The van der Waals surface area contributed by atoms with Crippen molar-refractivity contribution in [1.29, 1.82) is 0 Å². The van der Waals surface area contributed by atoms with Gasteiger partial charge in [0, 0.05) is 43.3 Å². The molecule has 0 aliphatic carbocycles. The molecule has 0 bridgehead atoms. The zero-order valence-electron chi connectivity index (χ0n) is 18.2. The summed E-state index contributed by atoms with van der Waals surface area (Å²) in [6, 6.07) is 9.31. The van der Waals surface area contributed by atoms with Crippen molar-refractivity contribution in [3.8, 4) is 11.8 Å². The number of carbonyl (C=O) groups is 2. The molecule has 0 spiro atoms. The zero-order valence-corrected chi connectivity index (χ0v) is 19.9. The summed E-state index contributed by atoms with van der Waals surface area (Å²) in [6.07, 6.45) is 4.73. The van der Waals surface area contributed by atoms with Gasteiger partial charge in [-0.2, -0.15) is 0 Å². The van der Waals surface area contributed by atoms with E-state index >= 15 is 0 Å². The number of aryl methyl sites for hydroxylation is 1. The predicted molar refractivity (Wildman–Crippen MR) is 133 cm³/mol. The standard InChI is InChI=1S/C24H26N4O2S2/c1-3-4-5-6-7-14-31-24-27-19-9-8-18(16-20(19)32-24)26-22(29)10-11-23(30)28-21-15-17(2)12-13-25-21/h8-9,12-13,15-16H,3-4,7,10-11,14H2,1-2H3,(H,26,29)(H,25,28,30). The number of amides is 2. The van der Waals surface area contributed by atoms with Crippen molar-refractivity contribution in [2.45, 2.75) is 50.3 Å². The van der Waals surface area contributed by atoms with E-state index in [2.05, 4.69) is 39.4 Å². The Kier molecular flexibility index (Phi) is 9.08. The SMILES string of the molecule is CCCC#CCCSc1nc2ccc(NC(=O)CCC(=O)Nc3cc(C)ccn3)cc2s1. The molecular weight excluding hydrogens is 440 g/mol. The first-order valence-corrected chi connectivity index (χ1v) is 12.3. The van der Waals surface area contributed by atoms with E-state index in [1.807, 2.05) is 31.2 Å². The number of nitrogens with zero attached hydrogens (tertiary/aromatic N) is 2. The van der Waals surface area contributed by atoms with Crippen LogP contribution in [0.3, 0.4) is 0 Å². The molecule has 166 valence electrons. The third-order valence-corrected chi connectivity index (χ3v) is 6.53. The number of unbranched alkanes of at least 4 members (excludes halogenated alkanes) is 1. The van der Waals surface area contributed by atoms with E-state index < -0.39 is 0 Å². The number of aromatic nitrogens is 2. The van der Waals surface area contributed by atoms with Gasteiger partial charge in [-0.25, -0.2) is 9.97 Å². The molecule has 0 saturated carbocycles. The second-order valence-corrected chi connectivity index (χ2v) is 9.55. The van der Waals surface area contributed by atoms with Crippen molar-refractivity contribution in [3.05, 3.63) is 42.1 Å². The van der Waals surface area contributed by atoms with Crippen molar-refractivity contribution >= 4 is 56.6 Å². The third kappa shape index (κ3) is 7.66. The van der Waals surface area contributed by atoms with E-state index in [0.29, 0.717) is 11.5 Å². The molecule has 3 rings (SSSR count). The highest BCUT2D eigenvalue weighted by atomic mass is 32.2. The predicted octanol–water partition coefficient (Wildman–Crippen LogP) is 5.64. The summed E-state index contributed by atoms with van der Waals surface area (Å²) in [5, 5.41) is 5.58. The van der Waals surface area contributed by atoms with Crippen molar-refractivity contribution in [1.82, 2.24) is 9.97 Å². The molecule has 0 saturated heterocycles. The lowest BCUT2D eigenvalue weighted by Crippen LogP contribution is -2.17. The number of anilines is 2. The van der Waals surface area contributed by atoms with E-state index in [-0.39, 0.29) is 24.7 Å². The Balaban J connectivity index is 1.47. The molecule has 3 aromatic rings. The highest BCUT2D eigenvalue weighted by Gasteiger charge is 2.10. The Bertz CT molecular complexity index is 1150. The van der Waals surface area contributed by atoms with Gasteiger partial charge in [0.2, 0.25) is 11.8 Å². The van der Waals surface area contributed by atoms with Gasteiger partial charge in [-0.3, -0.25) is 9.59 Å². The van der Waals surface area contributed by atoms with Crippen molar-refractivity contribution in [3.63, 3.8) is 0 Å². The number of thiazole rings is 1. The molecule has 2 heterocycles.